The first kappa shape index (κ1) is 26.1. The summed E-state index contributed by atoms with van der Waals surface area (Å²) in [6.07, 6.45) is 3.82. The van der Waals surface area contributed by atoms with Crippen LogP contribution in [0, 0.1) is 5.82 Å². The van der Waals surface area contributed by atoms with Gasteiger partial charge in [-0.05, 0) is 65.8 Å². The van der Waals surface area contributed by atoms with Crippen molar-refractivity contribution in [3.05, 3.63) is 98.5 Å². The van der Waals surface area contributed by atoms with E-state index in [1.54, 1.807) is 42.5 Å². The van der Waals surface area contributed by atoms with Crippen molar-refractivity contribution in [3.8, 4) is 0 Å². The van der Waals surface area contributed by atoms with Crippen molar-refractivity contribution in [1.29, 1.82) is 0 Å². The van der Waals surface area contributed by atoms with E-state index in [9.17, 15) is 22.4 Å². The summed E-state index contributed by atoms with van der Waals surface area (Å²) < 4.78 is 47.5. The Morgan fingerprint density at radius 2 is 1.82 bits per heavy atom. The third kappa shape index (κ3) is 5.23. The first-order valence-electron chi connectivity index (χ1n) is 11.9. The number of anilines is 1. The van der Waals surface area contributed by atoms with Crippen molar-refractivity contribution in [1.82, 2.24) is 0 Å². The summed E-state index contributed by atoms with van der Waals surface area (Å²) in [5.41, 5.74) is 9.33. The molecule has 3 aromatic carbocycles. The standard InChI is InChI=1S/C28H24BrFN2O5S/c1-38(35,36)32(14-17-4-9-23(29)19(10-17)15-33)24-13-25-22(12-21(24)18-5-6-18)27(28(31)34)26(37-25)11-16-2-7-20(30)8-3-16/h2-4,7-10,12-13,15,18H,5-6,11,14H2,1H3,(H2,31,34). The summed E-state index contributed by atoms with van der Waals surface area (Å²) in [6, 6.07) is 14.4. The Hall–Kier alpha value is -3.50. The molecule has 196 valence electrons. The van der Waals surface area contributed by atoms with E-state index in [0.717, 1.165) is 30.2 Å². The Morgan fingerprint density at radius 3 is 2.42 bits per heavy atom. The van der Waals surface area contributed by atoms with Crippen molar-refractivity contribution >= 4 is 54.8 Å². The lowest BCUT2D eigenvalue weighted by molar-refractivity contribution is 0.0999. The molecule has 5 rings (SSSR count). The highest BCUT2D eigenvalue weighted by atomic mass is 79.9. The van der Waals surface area contributed by atoms with Crippen LogP contribution in [0.2, 0.25) is 0 Å². The van der Waals surface area contributed by atoms with Gasteiger partial charge in [-0.1, -0.05) is 34.1 Å². The van der Waals surface area contributed by atoms with Crippen molar-refractivity contribution in [3.63, 3.8) is 0 Å². The number of aldehydes is 1. The minimum Gasteiger partial charge on any atom is -0.460 e. The van der Waals surface area contributed by atoms with Crippen LogP contribution in [0.4, 0.5) is 10.1 Å². The lowest BCUT2D eigenvalue weighted by Crippen LogP contribution is -2.30. The van der Waals surface area contributed by atoms with E-state index in [1.165, 1.54) is 16.4 Å². The van der Waals surface area contributed by atoms with Crippen LogP contribution in [0.5, 0.6) is 0 Å². The second kappa shape index (κ2) is 9.99. The molecule has 0 aliphatic heterocycles. The maximum Gasteiger partial charge on any atom is 0.252 e. The zero-order valence-corrected chi connectivity index (χ0v) is 22.8. The van der Waals surface area contributed by atoms with Crippen LogP contribution >= 0.6 is 15.9 Å². The molecule has 4 aromatic rings. The van der Waals surface area contributed by atoms with Crippen molar-refractivity contribution in [2.24, 2.45) is 5.73 Å². The molecule has 0 spiro atoms. The van der Waals surface area contributed by atoms with Gasteiger partial charge in [-0.25, -0.2) is 12.8 Å². The smallest absolute Gasteiger partial charge is 0.252 e. The number of fused-ring (bicyclic) bond motifs is 1. The van der Waals surface area contributed by atoms with Crippen LogP contribution in [-0.2, 0) is 23.0 Å². The van der Waals surface area contributed by atoms with Crippen molar-refractivity contribution in [2.75, 3.05) is 10.6 Å². The quantitative estimate of drug-likeness (QED) is 0.249. The number of furan rings is 1. The van der Waals surface area contributed by atoms with Gasteiger partial charge in [0.05, 0.1) is 24.1 Å². The van der Waals surface area contributed by atoms with Gasteiger partial charge in [0, 0.05) is 27.9 Å². The molecule has 10 heteroatoms. The lowest BCUT2D eigenvalue weighted by atomic mass is 10.0. The maximum atomic E-state index is 13.4. The third-order valence-electron chi connectivity index (χ3n) is 6.63. The molecule has 1 aromatic heterocycles. The number of halogens is 2. The monoisotopic (exact) mass is 598 g/mol. The van der Waals surface area contributed by atoms with E-state index >= 15 is 0 Å². The van der Waals surface area contributed by atoms with Gasteiger partial charge < -0.3 is 10.2 Å². The second-order valence-corrected chi connectivity index (χ2v) is 12.3. The Balaban J connectivity index is 1.65. The first-order valence-corrected chi connectivity index (χ1v) is 14.5. The van der Waals surface area contributed by atoms with Crippen LogP contribution in [0.25, 0.3) is 11.0 Å². The number of rotatable bonds is 9. The Morgan fingerprint density at radius 1 is 1.13 bits per heavy atom. The summed E-state index contributed by atoms with van der Waals surface area (Å²) in [6.45, 7) is 0.00397. The normalized spacial score (nSPS) is 13.6. The third-order valence-corrected chi connectivity index (χ3v) is 8.48. The van der Waals surface area contributed by atoms with E-state index in [0.29, 0.717) is 44.3 Å². The molecule has 1 saturated carbocycles. The number of sulfonamides is 1. The molecule has 7 nitrogen and oxygen atoms in total. The van der Waals surface area contributed by atoms with E-state index in [2.05, 4.69) is 15.9 Å². The summed E-state index contributed by atoms with van der Waals surface area (Å²) in [4.78, 5) is 23.9. The Labute approximate surface area is 227 Å². The second-order valence-electron chi connectivity index (χ2n) is 9.49. The minimum absolute atomic E-state index is 0.00397. The van der Waals surface area contributed by atoms with Crippen LogP contribution in [0.3, 0.4) is 0 Å². The molecule has 38 heavy (non-hydrogen) atoms. The van der Waals surface area contributed by atoms with Crippen molar-refractivity contribution < 1.29 is 26.8 Å². The zero-order chi connectivity index (χ0) is 27.2. The highest BCUT2D eigenvalue weighted by Gasteiger charge is 2.33. The number of hydrogen-bond acceptors (Lipinski definition) is 5. The fraction of sp³-hybridized carbons (Fsp3) is 0.214. The molecule has 0 atom stereocenters. The van der Waals surface area contributed by atoms with Gasteiger partial charge in [0.1, 0.15) is 17.2 Å². The molecule has 1 aliphatic rings. The number of hydrogen-bond donors (Lipinski definition) is 1. The van der Waals surface area contributed by atoms with Crippen LogP contribution in [0.15, 0.2) is 63.5 Å². The highest BCUT2D eigenvalue weighted by Crippen LogP contribution is 2.47. The fourth-order valence-corrected chi connectivity index (χ4v) is 5.89. The molecule has 1 fully saturated rings. The lowest BCUT2D eigenvalue weighted by Gasteiger charge is -2.25. The number of amides is 1. The van der Waals surface area contributed by atoms with Crippen LogP contribution in [0.1, 0.15) is 61.9 Å². The maximum absolute atomic E-state index is 13.4. The number of carbonyl (C=O) groups excluding carboxylic acids is 2. The van der Waals surface area contributed by atoms with Gasteiger partial charge in [0.2, 0.25) is 10.0 Å². The highest BCUT2D eigenvalue weighted by molar-refractivity contribution is 9.10. The average Bonchev–Trinajstić information content (AvgIpc) is 3.64. The predicted octanol–water partition coefficient (Wildman–Crippen LogP) is 5.68. The zero-order valence-electron chi connectivity index (χ0n) is 20.4. The van der Waals surface area contributed by atoms with Gasteiger partial charge in [-0.3, -0.25) is 13.9 Å². The average molecular weight is 599 g/mol. The van der Waals surface area contributed by atoms with E-state index in [1.807, 2.05) is 0 Å². The molecule has 1 heterocycles. The van der Waals surface area contributed by atoms with Gasteiger partial charge >= 0.3 is 0 Å². The number of nitrogens with two attached hydrogens (primary N) is 1. The minimum atomic E-state index is -3.75. The SMILES string of the molecule is CS(=O)(=O)N(Cc1ccc(Br)c(C=O)c1)c1cc2oc(Cc3ccc(F)cc3)c(C(N)=O)c2cc1C1CC1. The summed E-state index contributed by atoms with van der Waals surface area (Å²) in [5, 5.41) is 0.514. The first-order chi connectivity index (χ1) is 18.0. The van der Waals surface area contributed by atoms with Gasteiger partial charge in [-0.2, -0.15) is 0 Å². The van der Waals surface area contributed by atoms with Crippen LogP contribution < -0.4 is 10.0 Å². The summed E-state index contributed by atoms with van der Waals surface area (Å²) in [5.74, 6) is -0.580. The largest absolute Gasteiger partial charge is 0.460 e. The van der Waals surface area contributed by atoms with E-state index in [-0.39, 0.29) is 30.3 Å². The van der Waals surface area contributed by atoms with E-state index in [4.69, 9.17) is 10.2 Å². The number of benzene rings is 3. The van der Waals surface area contributed by atoms with E-state index < -0.39 is 15.9 Å². The summed E-state index contributed by atoms with van der Waals surface area (Å²) in [7, 11) is -3.75. The molecular formula is C28H24BrFN2O5S. The van der Waals surface area contributed by atoms with Crippen molar-refractivity contribution in [2.45, 2.75) is 31.7 Å². The van der Waals surface area contributed by atoms with Gasteiger partial charge in [0.25, 0.3) is 5.91 Å². The predicted molar refractivity (Wildman–Crippen MR) is 146 cm³/mol. The topological polar surface area (TPSA) is 111 Å². The molecule has 2 N–H and O–H groups in total. The number of carbonyl (C=O) groups is 2. The molecule has 0 bridgehead atoms. The van der Waals surface area contributed by atoms with Gasteiger partial charge in [0.15, 0.2) is 6.29 Å². The fourth-order valence-electron chi connectivity index (χ4n) is 4.65. The molecule has 0 unspecified atom stereocenters. The summed E-state index contributed by atoms with van der Waals surface area (Å²) >= 11 is 3.32. The van der Waals surface area contributed by atoms with Gasteiger partial charge in [-0.15, -0.1) is 0 Å². The van der Waals surface area contributed by atoms with Crippen LogP contribution in [-0.4, -0.2) is 26.9 Å². The molecular weight excluding hydrogens is 575 g/mol. The Bertz CT molecular complexity index is 1680. The number of nitrogens with zero attached hydrogens (tertiary/aromatic N) is 1. The molecule has 1 amide bonds. The molecule has 0 saturated heterocycles. The molecule has 1 aliphatic carbocycles. The number of primary amides is 1. The molecule has 0 radical (unpaired) electrons. The Kier molecular flexibility index (Phi) is 6.87.